The van der Waals surface area contributed by atoms with Gasteiger partial charge in [0.05, 0.1) is 0 Å². The molecule has 1 atom stereocenters. The SMILES string of the molecule is C=CC(=O)C(O)CS(=O)(=O)O.[H-].[Li+]. The van der Waals surface area contributed by atoms with Crippen molar-refractivity contribution in [3.05, 3.63) is 12.7 Å². The van der Waals surface area contributed by atoms with Gasteiger partial charge in [-0.1, -0.05) is 6.58 Å². The first-order valence-corrected chi connectivity index (χ1v) is 4.27. The number of rotatable bonds is 4. The second-order valence-electron chi connectivity index (χ2n) is 1.87. The van der Waals surface area contributed by atoms with E-state index >= 15 is 0 Å². The summed E-state index contributed by atoms with van der Waals surface area (Å²) in [6, 6.07) is 0. The minimum atomic E-state index is -4.30. The summed E-state index contributed by atoms with van der Waals surface area (Å²) < 4.78 is 28.3. The molecule has 0 aliphatic carbocycles. The van der Waals surface area contributed by atoms with Gasteiger partial charge in [-0.2, -0.15) is 8.42 Å². The molecule has 1 unspecified atom stereocenters. The molecule has 0 bridgehead atoms. The fraction of sp³-hybridized carbons (Fsp3) is 0.400. The van der Waals surface area contributed by atoms with Gasteiger partial charge >= 0.3 is 18.9 Å². The van der Waals surface area contributed by atoms with E-state index in [9.17, 15) is 13.2 Å². The molecule has 7 heteroatoms. The van der Waals surface area contributed by atoms with E-state index < -0.39 is 27.8 Å². The first-order chi connectivity index (χ1) is 4.87. The Morgan fingerprint density at radius 1 is 1.67 bits per heavy atom. The van der Waals surface area contributed by atoms with E-state index in [4.69, 9.17) is 9.66 Å². The molecule has 2 N–H and O–H groups in total. The van der Waals surface area contributed by atoms with E-state index in [1.165, 1.54) is 0 Å². The molecule has 5 nitrogen and oxygen atoms in total. The topological polar surface area (TPSA) is 91.7 Å². The number of aliphatic hydroxyl groups is 1. The van der Waals surface area contributed by atoms with Crippen LogP contribution in [0.25, 0.3) is 0 Å². The Hall–Kier alpha value is -0.123. The third kappa shape index (κ3) is 6.58. The smallest absolute Gasteiger partial charge is 1.00 e. The predicted molar refractivity (Wildman–Crippen MR) is 38.7 cm³/mol. The number of carbonyl (C=O) groups is 1. The molecule has 0 saturated carbocycles. The van der Waals surface area contributed by atoms with E-state index in [1.54, 1.807) is 0 Å². The second-order valence-corrected chi connectivity index (χ2v) is 3.37. The Morgan fingerprint density at radius 3 is 2.33 bits per heavy atom. The number of carbonyl (C=O) groups excluding carboxylic acids is 1. The van der Waals surface area contributed by atoms with Crippen molar-refractivity contribution in [2.45, 2.75) is 6.10 Å². The third-order valence-corrected chi connectivity index (χ3v) is 1.64. The van der Waals surface area contributed by atoms with Gasteiger partial charge in [-0.15, -0.1) is 0 Å². The summed E-state index contributed by atoms with van der Waals surface area (Å²) in [6.07, 6.45) is -0.932. The van der Waals surface area contributed by atoms with Crippen molar-refractivity contribution >= 4 is 15.9 Å². The van der Waals surface area contributed by atoms with E-state index in [-0.39, 0.29) is 20.3 Å². The molecule has 0 fully saturated rings. The molecular weight excluding hydrogens is 179 g/mol. The van der Waals surface area contributed by atoms with Crippen LogP contribution < -0.4 is 18.9 Å². The molecule has 12 heavy (non-hydrogen) atoms. The summed E-state index contributed by atoms with van der Waals surface area (Å²) in [4.78, 5) is 10.4. The molecule has 0 aromatic rings. The van der Waals surface area contributed by atoms with E-state index in [1.807, 2.05) is 0 Å². The summed E-state index contributed by atoms with van der Waals surface area (Å²) in [5.74, 6) is -1.82. The number of hydrogen-bond donors (Lipinski definition) is 2. The summed E-state index contributed by atoms with van der Waals surface area (Å²) in [5.41, 5.74) is 0. The molecule has 0 heterocycles. The maximum absolute atomic E-state index is 10.4. The Balaban J connectivity index is -0.000000500. The zero-order chi connectivity index (χ0) is 9.07. The van der Waals surface area contributed by atoms with Crippen molar-refractivity contribution in [3.8, 4) is 0 Å². The zero-order valence-corrected chi connectivity index (χ0v) is 7.41. The summed E-state index contributed by atoms with van der Waals surface area (Å²) in [6.45, 7) is 3.03. The number of ketones is 1. The molecule has 0 spiro atoms. The Labute approximate surface area is 83.9 Å². The fourth-order valence-electron chi connectivity index (χ4n) is 0.418. The van der Waals surface area contributed by atoms with Crippen LogP contribution in [0.1, 0.15) is 1.43 Å². The van der Waals surface area contributed by atoms with Crippen LogP contribution in [0.4, 0.5) is 0 Å². The Kier molecular flexibility index (Phi) is 6.61. The normalized spacial score (nSPS) is 12.8. The van der Waals surface area contributed by atoms with Crippen LogP contribution in [-0.4, -0.2) is 35.7 Å². The van der Waals surface area contributed by atoms with Crippen molar-refractivity contribution in [2.75, 3.05) is 5.75 Å². The van der Waals surface area contributed by atoms with Gasteiger partial charge < -0.3 is 6.53 Å². The average molecular weight is 188 g/mol. The molecule has 0 amide bonds. The van der Waals surface area contributed by atoms with Crippen LogP contribution in [0, 0.1) is 0 Å². The van der Waals surface area contributed by atoms with Crippen molar-refractivity contribution < 1.29 is 43.2 Å². The zero-order valence-electron chi connectivity index (χ0n) is 7.60. The van der Waals surface area contributed by atoms with E-state index in [0.29, 0.717) is 0 Å². The van der Waals surface area contributed by atoms with E-state index in [0.717, 1.165) is 6.08 Å². The van der Waals surface area contributed by atoms with Gasteiger partial charge in [0.1, 0.15) is 11.9 Å². The minimum absolute atomic E-state index is 0. The van der Waals surface area contributed by atoms with Gasteiger partial charge in [0.2, 0.25) is 0 Å². The fourth-order valence-corrected chi connectivity index (χ4v) is 0.981. The molecule has 0 aliphatic heterocycles. The van der Waals surface area contributed by atoms with Gasteiger partial charge in [-0.25, -0.2) is 0 Å². The van der Waals surface area contributed by atoms with Crippen molar-refractivity contribution in [3.63, 3.8) is 0 Å². The maximum Gasteiger partial charge on any atom is 1.00 e. The summed E-state index contributed by atoms with van der Waals surface area (Å²) in [7, 11) is -4.30. The summed E-state index contributed by atoms with van der Waals surface area (Å²) >= 11 is 0. The third-order valence-electron chi connectivity index (χ3n) is 0.898. The maximum atomic E-state index is 10.4. The molecular formula is C5H9LiO5S. The first-order valence-electron chi connectivity index (χ1n) is 2.66. The van der Waals surface area contributed by atoms with Crippen LogP contribution >= 0.6 is 0 Å². The predicted octanol–water partition coefficient (Wildman–Crippen LogP) is -3.89. The molecule has 0 saturated heterocycles. The van der Waals surface area contributed by atoms with Crippen LogP contribution in [0.2, 0.25) is 0 Å². The Morgan fingerprint density at radius 2 is 2.08 bits per heavy atom. The minimum Gasteiger partial charge on any atom is -1.00 e. The van der Waals surface area contributed by atoms with Gasteiger partial charge in [0, 0.05) is 0 Å². The molecule has 0 aliphatic rings. The van der Waals surface area contributed by atoms with Gasteiger partial charge in [-0.3, -0.25) is 9.35 Å². The van der Waals surface area contributed by atoms with Crippen molar-refractivity contribution in [1.29, 1.82) is 0 Å². The summed E-state index contributed by atoms with van der Waals surface area (Å²) in [5, 5.41) is 8.69. The Bertz CT molecular complexity index is 262. The molecule has 0 aromatic carbocycles. The van der Waals surface area contributed by atoms with Crippen LogP contribution in [-0.2, 0) is 14.9 Å². The van der Waals surface area contributed by atoms with Gasteiger partial charge in [0.15, 0.2) is 5.78 Å². The quantitative estimate of drug-likeness (QED) is 0.267. The molecule has 0 rings (SSSR count). The van der Waals surface area contributed by atoms with E-state index in [2.05, 4.69) is 6.58 Å². The standard InChI is InChI=1S/C5H8O5S.Li.H/c1-2-4(6)5(7)3-11(8,9)10;;/h2,5,7H,1,3H2,(H,8,9,10);;/q;+1;-1. The monoisotopic (exact) mass is 188 g/mol. The van der Waals surface area contributed by atoms with Crippen LogP contribution in [0.3, 0.4) is 0 Å². The first kappa shape index (κ1) is 14.4. The van der Waals surface area contributed by atoms with Gasteiger partial charge in [0.25, 0.3) is 10.1 Å². The molecule has 0 aromatic heterocycles. The van der Waals surface area contributed by atoms with Crippen molar-refractivity contribution in [1.82, 2.24) is 0 Å². The van der Waals surface area contributed by atoms with Crippen molar-refractivity contribution in [2.24, 2.45) is 0 Å². The average Bonchev–Trinajstić information content (AvgIpc) is 1.82. The van der Waals surface area contributed by atoms with Crippen LogP contribution in [0.5, 0.6) is 0 Å². The second kappa shape index (κ2) is 5.51. The largest absolute Gasteiger partial charge is 1.00 e. The molecule has 0 radical (unpaired) electrons. The van der Waals surface area contributed by atoms with Crippen LogP contribution in [0.15, 0.2) is 12.7 Å². The number of hydrogen-bond acceptors (Lipinski definition) is 4. The van der Waals surface area contributed by atoms with Gasteiger partial charge in [-0.05, 0) is 6.08 Å². The number of aliphatic hydroxyl groups excluding tert-OH is 1. The molecule has 66 valence electrons.